The van der Waals surface area contributed by atoms with Crippen LogP contribution in [0.2, 0.25) is 0 Å². The van der Waals surface area contributed by atoms with Crippen LogP contribution in [0.5, 0.6) is 0 Å². The molecule has 0 aliphatic rings. The topological polar surface area (TPSA) is 110 Å². The predicted octanol–water partition coefficient (Wildman–Crippen LogP) is 1.17. The van der Waals surface area contributed by atoms with Gasteiger partial charge in [-0.05, 0) is 28.7 Å². The molecule has 0 fully saturated rings. The van der Waals surface area contributed by atoms with E-state index >= 15 is 0 Å². The molecule has 0 aromatic heterocycles. The maximum atomic E-state index is 10.9. The molecule has 0 heterocycles. The summed E-state index contributed by atoms with van der Waals surface area (Å²) < 4.78 is 0.453. The molecule has 1 aromatic carbocycles. The number of nitrogens with two attached hydrogens (primary N) is 1. The average molecular weight is 317 g/mol. The highest BCUT2D eigenvalue weighted by molar-refractivity contribution is 14.1. The third-order valence-corrected chi connectivity index (χ3v) is 2.56. The lowest BCUT2D eigenvalue weighted by molar-refractivity contribution is -0.385. The first kappa shape index (κ1) is 11.4. The Balaban J connectivity index is 3.54. The van der Waals surface area contributed by atoms with Crippen molar-refractivity contribution in [2.45, 2.75) is 0 Å². The van der Waals surface area contributed by atoms with E-state index in [1.807, 2.05) is 0 Å². The van der Waals surface area contributed by atoms with E-state index in [1.165, 1.54) is 6.07 Å². The number of hydrogen-bond acceptors (Lipinski definition) is 4. The molecule has 0 aliphatic heterocycles. The number of nitrogens with zero attached hydrogens (tertiary/aromatic N) is 2. The van der Waals surface area contributed by atoms with Crippen molar-refractivity contribution in [1.82, 2.24) is 0 Å². The Labute approximate surface area is 98.0 Å². The van der Waals surface area contributed by atoms with Gasteiger partial charge in [0.15, 0.2) is 0 Å². The van der Waals surface area contributed by atoms with Gasteiger partial charge < -0.3 is 5.73 Å². The summed E-state index contributed by atoms with van der Waals surface area (Å²) >= 11 is 1.81. The van der Waals surface area contributed by atoms with Gasteiger partial charge in [-0.1, -0.05) is 0 Å². The average Bonchev–Trinajstić information content (AvgIpc) is 2.16. The Hall–Kier alpha value is -1.69. The number of nitriles is 1. The minimum Gasteiger partial charge on any atom is -0.365 e. The molecule has 0 saturated heterocycles. The van der Waals surface area contributed by atoms with Gasteiger partial charge in [0.2, 0.25) is 0 Å². The number of amides is 1. The number of primary amides is 1. The van der Waals surface area contributed by atoms with E-state index in [0.29, 0.717) is 3.57 Å². The number of hydrogen-bond donors (Lipinski definition) is 1. The van der Waals surface area contributed by atoms with Crippen molar-refractivity contribution in [3.63, 3.8) is 0 Å². The number of nitro benzene ring substituents is 1. The molecule has 0 unspecified atom stereocenters. The van der Waals surface area contributed by atoms with Gasteiger partial charge in [-0.15, -0.1) is 0 Å². The molecule has 6 nitrogen and oxygen atoms in total. The third kappa shape index (κ3) is 2.21. The van der Waals surface area contributed by atoms with Gasteiger partial charge in [0.25, 0.3) is 11.6 Å². The molecular weight excluding hydrogens is 313 g/mol. The van der Waals surface area contributed by atoms with Crippen molar-refractivity contribution in [2.75, 3.05) is 0 Å². The van der Waals surface area contributed by atoms with E-state index in [1.54, 1.807) is 28.7 Å². The van der Waals surface area contributed by atoms with Crippen molar-refractivity contribution in [1.29, 1.82) is 5.26 Å². The summed E-state index contributed by atoms with van der Waals surface area (Å²) in [4.78, 5) is 20.8. The van der Waals surface area contributed by atoms with Crippen molar-refractivity contribution >= 4 is 34.2 Å². The highest BCUT2D eigenvalue weighted by Crippen LogP contribution is 2.24. The van der Waals surface area contributed by atoms with Crippen LogP contribution in [-0.4, -0.2) is 10.8 Å². The summed E-state index contributed by atoms with van der Waals surface area (Å²) in [5.74, 6) is -0.885. The second kappa shape index (κ2) is 4.22. The Morgan fingerprint density at radius 1 is 1.60 bits per heavy atom. The normalized spacial score (nSPS) is 9.33. The van der Waals surface area contributed by atoms with Gasteiger partial charge in [-0.2, -0.15) is 5.26 Å². The Morgan fingerprint density at radius 2 is 2.20 bits per heavy atom. The van der Waals surface area contributed by atoms with E-state index in [2.05, 4.69) is 0 Å². The molecular formula is C8H4IN3O3. The minimum absolute atomic E-state index is 0.146. The highest BCUT2D eigenvalue weighted by Gasteiger charge is 2.20. The van der Waals surface area contributed by atoms with Crippen LogP contribution in [0.15, 0.2) is 12.1 Å². The van der Waals surface area contributed by atoms with Crippen LogP contribution < -0.4 is 5.73 Å². The van der Waals surface area contributed by atoms with Gasteiger partial charge in [0, 0.05) is 9.64 Å². The number of carbonyl (C=O) groups is 1. The van der Waals surface area contributed by atoms with Crippen LogP contribution >= 0.6 is 22.6 Å². The van der Waals surface area contributed by atoms with Crippen LogP contribution in [-0.2, 0) is 0 Å². The predicted molar refractivity (Wildman–Crippen MR) is 59.0 cm³/mol. The summed E-state index contributed by atoms with van der Waals surface area (Å²) in [5, 5.41) is 19.3. The van der Waals surface area contributed by atoms with Gasteiger partial charge in [-0.25, -0.2) is 0 Å². The maximum absolute atomic E-state index is 10.9. The molecule has 1 amide bonds. The Kier molecular flexibility index (Phi) is 3.21. The first-order valence-electron chi connectivity index (χ1n) is 3.65. The van der Waals surface area contributed by atoms with Crippen molar-refractivity contribution in [3.8, 4) is 6.07 Å². The molecule has 7 heteroatoms. The molecule has 0 radical (unpaired) electrons. The first-order chi connectivity index (χ1) is 6.97. The second-order valence-corrected chi connectivity index (χ2v) is 3.74. The number of nitro groups is 1. The van der Waals surface area contributed by atoms with Gasteiger partial charge in [0.05, 0.1) is 10.5 Å². The molecule has 1 aromatic rings. The molecule has 0 atom stereocenters. The number of benzene rings is 1. The zero-order valence-electron chi connectivity index (χ0n) is 7.23. The van der Waals surface area contributed by atoms with Crippen LogP contribution in [0.1, 0.15) is 15.9 Å². The fraction of sp³-hybridized carbons (Fsp3) is 0. The van der Waals surface area contributed by atoms with Crippen molar-refractivity contribution in [3.05, 3.63) is 36.9 Å². The van der Waals surface area contributed by atoms with E-state index in [0.717, 1.165) is 6.07 Å². The number of halogens is 1. The molecule has 15 heavy (non-hydrogen) atoms. The first-order valence-corrected chi connectivity index (χ1v) is 4.73. The zero-order chi connectivity index (χ0) is 11.6. The van der Waals surface area contributed by atoms with Crippen molar-refractivity contribution in [2.24, 2.45) is 5.73 Å². The molecule has 0 saturated carbocycles. The molecule has 76 valence electrons. The van der Waals surface area contributed by atoms with E-state index in [-0.39, 0.29) is 11.1 Å². The summed E-state index contributed by atoms with van der Waals surface area (Å²) in [5.41, 5.74) is 4.49. The third-order valence-electron chi connectivity index (χ3n) is 1.67. The monoisotopic (exact) mass is 317 g/mol. The largest absolute Gasteiger partial charge is 0.365 e. The molecule has 0 bridgehead atoms. The number of carbonyl (C=O) groups excluding carboxylic acids is 1. The Morgan fingerprint density at radius 3 is 2.60 bits per heavy atom. The SMILES string of the molecule is N#Cc1cc([N+](=O)[O-])c(C(N)=O)cc1I. The molecule has 0 spiro atoms. The molecule has 1 rings (SSSR count). The fourth-order valence-electron chi connectivity index (χ4n) is 0.996. The number of rotatable bonds is 2. The van der Waals surface area contributed by atoms with Crippen LogP contribution in [0.3, 0.4) is 0 Å². The quantitative estimate of drug-likeness (QED) is 0.501. The summed E-state index contributed by atoms with van der Waals surface area (Å²) in [7, 11) is 0. The van der Waals surface area contributed by atoms with Gasteiger partial charge >= 0.3 is 0 Å². The summed E-state index contributed by atoms with van der Waals surface area (Å²) in [6.07, 6.45) is 0. The smallest absolute Gasteiger partial charge is 0.283 e. The van der Waals surface area contributed by atoms with Gasteiger partial charge in [0.1, 0.15) is 11.6 Å². The molecule has 2 N–H and O–H groups in total. The maximum Gasteiger partial charge on any atom is 0.283 e. The second-order valence-electron chi connectivity index (χ2n) is 2.58. The fourth-order valence-corrected chi connectivity index (χ4v) is 1.58. The van der Waals surface area contributed by atoms with Gasteiger partial charge in [-0.3, -0.25) is 14.9 Å². The van der Waals surface area contributed by atoms with Crippen LogP contribution in [0.25, 0.3) is 0 Å². The summed E-state index contributed by atoms with van der Waals surface area (Å²) in [6.45, 7) is 0. The minimum atomic E-state index is -0.885. The van der Waals surface area contributed by atoms with Crippen molar-refractivity contribution < 1.29 is 9.72 Å². The van der Waals surface area contributed by atoms with E-state index in [9.17, 15) is 14.9 Å². The van der Waals surface area contributed by atoms with Crippen LogP contribution in [0.4, 0.5) is 5.69 Å². The molecule has 0 aliphatic carbocycles. The van der Waals surface area contributed by atoms with Crippen LogP contribution in [0, 0.1) is 25.0 Å². The Bertz CT molecular complexity index is 493. The zero-order valence-corrected chi connectivity index (χ0v) is 9.39. The standard InChI is InChI=1S/C8H4IN3O3/c9-6-2-5(8(11)13)7(12(14)15)1-4(6)3-10/h1-2H,(H2,11,13). The lowest BCUT2D eigenvalue weighted by atomic mass is 10.1. The van der Waals surface area contributed by atoms with E-state index < -0.39 is 16.5 Å². The lowest BCUT2D eigenvalue weighted by Crippen LogP contribution is -2.14. The highest BCUT2D eigenvalue weighted by atomic mass is 127. The lowest BCUT2D eigenvalue weighted by Gasteiger charge is -2.01. The summed E-state index contributed by atoms with van der Waals surface area (Å²) in [6, 6.07) is 4.07. The van der Waals surface area contributed by atoms with E-state index in [4.69, 9.17) is 11.0 Å².